The van der Waals surface area contributed by atoms with Gasteiger partial charge in [0, 0.05) is 19.6 Å². The monoisotopic (exact) mass is 393 g/mol. The van der Waals surface area contributed by atoms with E-state index < -0.39 is 16.1 Å². The third-order valence-electron chi connectivity index (χ3n) is 3.92. The predicted molar refractivity (Wildman–Crippen MR) is 103 cm³/mol. The van der Waals surface area contributed by atoms with Crippen LogP contribution in [0.3, 0.4) is 0 Å². The van der Waals surface area contributed by atoms with Crippen LogP contribution < -0.4 is 15.4 Å². The molecule has 146 valence electrons. The van der Waals surface area contributed by atoms with E-state index in [1.54, 1.807) is 31.2 Å². The minimum absolute atomic E-state index is 0.0764. The Morgan fingerprint density at radius 2 is 1.74 bits per heavy atom. The molecule has 27 heavy (non-hydrogen) atoms. The maximum Gasteiger partial charge on any atom is 0.314 e. The molecule has 2 aromatic rings. The van der Waals surface area contributed by atoms with Crippen LogP contribution >= 0.6 is 0 Å². The summed E-state index contributed by atoms with van der Waals surface area (Å²) in [6.45, 7) is 4.14. The van der Waals surface area contributed by atoms with Crippen LogP contribution in [0.15, 0.2) is 47.4 Å². The van der Waals surface area contributed by atoms with Crippen LogP contribution in [0.2, 0.25) is 0 Å². The highest BCUT2D eigenvalue weighted by atomic mass is 32.2. The number of aryl methyl sites for hydroxylation is 2. The van der Waals surface area contributed by atoms with Crippen LogP contribution in [-0.4, -0.2) is 34.1 Å². The standard InChI is InChI=1S/C19H24FN3O3S/c1-14-6-7-15(2)18(12-14)27(25,26)23-11-10-22-19(24)21-9-8-16-4-3-5-17(20)13-16/h3-7,12-13,23H,8-11H2,1-2H3,(H2,21,22,24). The summed E-state index contributed by atoms with van der Waals surface area (Å²) in [5.41, 5.74) is 2.31. The number of hydrogen-bond donors (Lipinski definition) is 3. The molecule has 2 amide bonds. The molecule has 0 saturated heterocycles. The molecule has 0 aliphatic carbocycles. The number of urea groups is 1. The minimum Gasteiger partial charge on any atom is -0.338 e. The number of carbonyl (C=O) groups is 1. The van der Waals surface area contributed by atoms with E-state index in [2.05, 4.69) is 15.4 Å². The van der Waals surface area contributed by atoms with Crippen LogP contribution in [-0.2, 0) is 16.4 Å². The smallest absolute Gasteiger partial charge is 0.314 e. The Hall–Kier alpha value is -2.45. The summed E-state index contributed by atoms with van der Waals surface area (Å²) in [4.78, 5) is 12.0. The molecular formula is C19H24FN3O3S. The van der Waals surface area contributed by atoms with Gasteiger partial charge < -0.3 is 10.6 Å². The number of nitrogens with one attached hydrogen (secondary N) is 3. The van der Waals surface area contributed by atoms with Crippen LogP contribution in [0, 0.1) is 19.7 Å². The Morgan fingerprint density at radius 3 is 2.48 bits per heavy atom. The zero-order valence-electron chi connectivity index (χ0n) is 15.4. The molecule has 0 bridgehead atoms. The number of amides is 2. The summed E-state index contributed by atoms with van der Waals surface area (Å²) in [5, 5.41) is 5.23. The Kier molecular flexibility index (Phi) is 7.32. The molecule has 0 aliphatic rings. The molecule has 0 spiro atoms. The van der Waals surface area contributed by atoms with Crippen molar-refractivity contribution in [2.45, 2.75) is 25.2 Å². The molecule has 2 aromatic carbocycles. The second-order valence-corrected chi connectivity index (χ2v) is 7.96. The normalized spacial score (nSPS) is 11.2. The third-order valence-corrected chi connectivity index (χ3v) is 5.53. The van der Waals surface area contributed by atoms with E-state index >= 15 is 0 Å². The van der Waals surface area contributed by atoms with Gasteiger partial charge in [0.15, 0.2) is 0 Å². The van der Waals surface area contributed by atoms with Crippen molar-refractivity contribution < 1.29 is 17.6 Å². The topological polar surface area (TPSA) is 87.3 Å². The van der Waals surface area contributed by atoms with Gasteiger partial charge in [-0.15, -0.1) is 0 Å². The summed E-state index contributed by atoms with van der Waals surface area (Å²) in [6.07, 6.45) is 0.504. The van der Waals surface area contributed by atoms with Crippen LogP contribution in [0.1, 0.15) is 16.7 Å². The van der Waals surface area contributed by atoms with E-state index in [0.717, 1.165) is 11.1 Å². The Balaban J connectivity index is 1.71. The number of rotatable bonds is 8. The molecular weight excluding hydrogens is 369 g/mol. The first kappa shape index (κ1) is 20.9. The SMILES string of the molecule is Cc1ccc(C)c(S(=O)(=O)NCCNC(=O)NCCc2cccc(F)c2)c1. The van der Waals surface area contributed by atoms with Crippen molar-refractivity contribution in [3.05, 3.63) is 65.0 Å². The van der Waals surface area contributed by atoms with Gasteiger partial charge in [0.1, 0.15) is 5.82 Å². The van der Waals surface area contributed by atoms with Gasteiger partial charge in [-0.3, -0.25) is 0 Å². The van der Waals surface area contributed by atoms with Gasteiger partial charge in [0.25, 0.3) is 0 Å². The van der Waals surface area contributed by atoms with E-state index in [9.17, 15) is 17.6 Å². The van der Waals surface area contributed by atoms with Gasteiger partial charge in [0.05, 0.1) is 4.90 Å². The molecule has 6 nitrogen and oxygen atoms in total. The Morgan fingerprint density at radius 1 is 1.00 bits per heavy atom. The zero-order chi connectivity index (χ0) is 19.9. The summed E-state index contributed by atoms with van der Waals surface area (Å²) in [6, 6.07) is 11.0. The van der Waals surface area contributed by atoms with Gasteiger partial charge in [-0.1, -0.05) is 24.3 Å². The molecule has 0 radical (unpaired) electrons. The van der Waals surface area contributed by atoms with E-state index in [0.29, 0.717) is 18.5 Å². The van der Waals surface area contributed by atoms with Crippen molar-refractivity contribution in [1.82, 2.24) is 15.4 Å². The van der Waals surface area contributed by atoms with Crippen LogP contribution in [0.4, 0.5) is 9.18 Å². The lowest BCUT2D eigenvalue weighted by Gasteiger charge is -2.11. The van der Waals surface area contributed by atoms with E-state index in [1.165, 1.54) is 12.1 Å². The summed E-state index contributed by atoms with van der Waals surface area (Å²) < 4.78 is 40.2. The van der Waals surface area contributed by atoms with Crippen molar-refractivity contribution in [3.63, 3.8) is 0 Å². The highest BCUT2D eigenvalue weighted by Gasteiger charge is 2.16. The highest BCUT2D eigenvalue weighted by molar-refractivity contribution is 7.89. The number of carbonyl (C=O) groups excluding carboxylic acids is 1. The fourth-order valence-electron chi connectivity index (χ4n) is 2.51. The van der Waals surface area contributed by atoms with E-state index in [4.69, 9.17) is 0 Å². The molecule has 8 heteroatoms. The minimum atomic E-state index is -3.63. The number of halogens is 1. The quantitative estimate of drug-likeness (QED) is 0.601. The van der Waals surface area contributed by atoms with Crippen molar-refractivity contribution in [2.24, 2.45) is 0 Å². The predicted octanol–water partition coefficient (Wildman–Crippen LogP) is 2.26. The van der Waals surface area contributed by atoms with E-state index in [-0.39, 0.29) is 23.8 Å². The maximum atomic E-state index is 13.1. The number of hydrogen-bond acceptors (Lipinski definition) is 3. The second kappa shape index (κ2) is 9.48. The fourth-order valence-corrected chi connectivity index (χ4v) is 3.87. The number of benzene rings is 2. The van der Waals surface area contributed by atoms with Gasteiger partial charge in [-0.25, -0.2) is 22.3 Å². The van der Waals surface area contributed by atoms with Gasteiger partial charge in [-0.2, -0.15) is 0 Å². The lowest BCUT2D eigenvalue weighted by molar-refractivity contribution is 0.241. The highest BCUT2D eigenvalue weighted by Crippen LogP contribution is 2.16. The molecule has 0 fully saturated rings. The molecule has 0 aliphatic heterocycles. The largest absolute Gasteiger partial charge is 0.338 e. The molecule has 0 atom stereocenters. The fraction of sp³-hybridized carbons (Fsp3) is 0.316. The molecule has 0 heterocycles. The lowest BCUT2D eigenvalue weighted by atomic mass is 10.1. The number of sulfonamides is 1. The first-order valence-corrected chi connectivity index (χ1v) is 10.1. The molecule has 0 unspecified atom stereocenters. The first-order valence-electron chi connectivity index (χ1n) is 8.61. The zero-order valence-corrected chi connectivity index (χ0v) is 16.2. The summed E-state index contributed by atoms with van der Waals surface area (Å²) >= 11 is 0. The second-order valence-electron chi connectivity index (χ2n) is 6.23. The lowest BCUT2D eigenvalue weighted by Crippen LogP contribution is -2.41. The van der Waals surface area contributed by atoms with Gasteiger partial charge in [-0.05, 0) is 55.2 Å². The maximum absolute atomic E-state index is 13.1. The molecule has 2 rings (SSSR count). The first-order chi connectivity index (χ1) is 12.8. The van der Waals surface area contributed by atoms with E-state index in [1.807, 2.05) is 13.0 Å². The van der Waals surface area contributed by atoms with Crippen molar-refractivity contribution in [3.8, 4) is 0 Å². The average molecular weight is 393 g/mol. The van der Waals surface area contributed by atoms with Crippen LogP contribution in [0.5, 0.6) is 0 Å². The Bertz CT molecular complexity index is 901. The van der Waals surface area contributed by atoms with Crippen molar-refractivity contribution in [1.29, 1.82) is 0 Å². The van der Waals surface area contributed by atoms with Crippen molar-refractivity contribution >= 4 is 16.1 Å². The van der Waals surface area contributed by atoms with Crippen LogP contribution in [0.25, 0.3) is 0 Å². The molecule has 0 saturated carbocycles. The third kappa shape index (κ3) is 6.65. The van der Waals surface area contributed by atoms with Gasteiger partial charge >= 0.3 is 6.03 Å². The summed E-state index contributed by atoms with van der Waals surface area (Å²) in [5.74, 6) is -0.312. The molecule has 0 aromatic heterocycles. The Labute approximate surface area is 159 Å². The van der Waals surface area contributed by atoms with Gasteiger partial charge in [0.2, 0.25) is 10.0 Å². The summed E-state index contributed by atoms with van der Waals surface area (Å²) in [7, 11) is -3.63. The average Bonchev–Trinajstić information content (AvgIpc) is 2.61. The van der Waals surface area contributed by atoms with Crippen molar-refractivity contribution in [2.75, 3.05) is 19.6 Å². The molecule has 3 N–H and O–H groups in total.